The fraction of sp³-hybridized carbons (Fsp3) is 0.211. The number of para-hydroxylation sites is 1. The minimum Gasteiger partial charge on any atom is -0.496 e. The highest BCUT2D eigenvalue weighted by molar-refractivity contribution is 5.35. The maximum absolute atomic E-state index is 5.45. The molecule has 136 valence electrons. The van der Waals surface area contributed by atoms with Gasteiger partial charge >= 0.3 is 0 Å². The number of aromatic nitrogens is 7. The third-order valence-electron chi connectivity index (χ3n) is 4.29. The highest BCUT2D eigenvalue weighted by atomic mass is 16.5. The van der Waals surface area contributed by atoms with Crippen molar-refractivity contribution in [3.8, 4) is 11.6 Å². The molecule has 0 bridgehead atoms. The first kappa shape index (κ1) is 16.9. The predicted molar refractivity (Wildman–Crippen MR) is 98.8 cm³/mol. The molecule has 0 saturated carbocycles. The molecule has 0 aliphatic carbocycles. The van der Waals surface area contributed by atoms with Crippen LogP contribution >= 0.6 is 0 Å². The normalized spacial score (nSPS) is 12.1. The van der Waals surface area contributed by atoms with Gasteiger partial charge in [-0.1, -0.05) is 24.3 Å². The molecule has 4 aromatic rings. The first-order chi connectivity index (χ1) is 13.3. The lowest BCUT2D eigenvalue weighted by Gasteiger charge is -2.11. The summed E-state index contributed by atoms with van der Waals surface area (Å²) in [6.45, 7) is 2.00. The number of rotatable bonds is 6. The Balaban J connectivity index is 1.76. The smallest absolute Gasteiger partial charge is 0.158 e. The van der Waals surface area contributed by atoms with Gasteiger partial charge in [0.1, 0.15) is 24.4 Å². The van der Waals surface area contributed by atoms with Crippen LogP contribution in [0.1, 0.15) is 30.2 Å². The van der Waals surface area contributed by atoms with Crippen LogP contribution in [0.3, 0.4) is 0 Å². The van der Waals surface area contributed by atoms with Crippen molar-refractivity contribution in [1.82, 2.24) is 34.5 Å². The monoisotopic (exact) mass is 361 g/mol. The second kappa shape index (κ2) is 7.36. The van der Waals surface area contributed by atoms with E-state index in [9.17, 15) is 0 Å². The topological polar surface area (TPSA) is 83.5 Å². The number of nitrogens with zero attached hydrogens (tertiary/aromatic N) is 7. The quantitative estimate of drug-likeness (QED) is 0.525. The zero-order valence-electron chi connectivity index (χ0n) is 15.1. The van der Waals surface area contributed by atoms with Crippen LogP contribution in [0, 0.1) is 0 Å². The zero-order chi connectivity index (χ0) is 18.6. The summed E-state index contributed by atoms with van der Waals surface area (Å²) in [5, 5.41) is 8.94. The number of methoxy groups -OCH3 is 1. The van der Waals surface area contributed by atoms with Gasteiger partial charge in [0.25, 0.3) is 0 Å². The van der Waals surface area contributed by atoms with E-state index in [1.54, 1.807) is 29.0 Å². The molecular formula is C19H19N7O. The van der Waals surface area contributed by atoms with Crippen LogP contribution in [0.5, 0.6) is 5.75 Å². The van der Waals surface area contributed by atoms with Gasteiger partial charge < -0.3 is 4.74 Å². The lowest BCUT2D eigenvalue weighted by molar-refractivity contribution is 0.410. The van der Waals surface area contributed by atoms with Crippen molar-refractivity contribution >= 4 is 0 Å². The molecule has 27 heavy (non-hydrogen) atoms. The Morgan fingerprint density at radius 2 is 1.96 bits per heavy atom. The number of hydrogen-bond acceptors (Lipinski definition) is 6. The van der Waals surface area contributed by atoms with Gasteiger partial charge in [0.2, 0.25) is 0 Å². The van der Waals surface area contributed by atoms with E-state index in [1.165, 1.54) is 6.33 Å². The van der Waals surface area contributed by atoms with E-state index < -0.39 is 0 Å². The second-order valence-electron chi connectivity index (χ2n) is 6.03. The minimum atomic E-state index is -0.145. The molecule has 0 fully saturated rings. The van der Waals surface area contributed by atoms with Crippen LogP contribution in [0.25, 0.3) is 5.82 Å². The van der Waals surface area contributed by atoms with Gasteiger partial charge in [0, 0.05) is 18.2 Å². The highest BCUT2D eigenvalue weighted by Gasteiger charge is 2.21. The van der Waals surface area contributed by atoms with Gasteiger partial charge in [0.15, 0.2) is 17.5 Å². The molecule has 3 aromatic heterocycles. The molecule has 0 aliphatic heterocycles. The predicted octanol–water partition coefficient (Wildman–Crippen LogP) is 2.46. The van der Waals surface area contributed by atoms with Crippen molar-refractivity contribution in [2.75, 3.05) is 7.11 Å². The lowest BCUT2D eigenvalue weighted by atomic mass is 10.1. The average Bonchev–Trinajstić information content (AvgIpc) is 3.39. The van der Waals surface area contributed by atoms with E-state index in [0.717, 1.165) is 17.1 Å². The van der Waals surface area contributed by atoms with Crippen molar-refractivity contribution in [2.45, 2.75) is 19.4 Å². The number of benzene rings is 1. The molecule has 3 heterocycles. The summed E-state index contributed by atoms with van der Waals surface area (Å²) in [5.74, 6) is 2.95. The Labute approximate surface area is 156 Å². The number of hydrogen-bond donors (Lipinski definition) is 0. The number of ether oxygens (including phenoxy) is 1. The van der Waals surface area contributed by atoms with Gasteiger partial charge in [-0.25, -0.2) is 19.6 Å². The zero-order valence-corrected chi connectivity index (χ0v) is 15.1. The fourth-order valence-electron chi connectivity index (χ4n) is 2.92. The first-order valence-electron chi connectivity index (χ1n) is 8.59. The van der Waals surface area contributed by atoms with Gasteiger partial charge in [-0.05, 0) is 25.1 Å². The Morgan fingerprint density at radius 3 is 2.70 bits per heavy atom. The molecule has 0 N–H and O–H groups in total. The molecule has 0 unspecified atom stereocenters. The van der Waals surface area contributed by atoms with Crippen molar-refractivity contribution in [2.24, 2.45) is 0 Å². The average molecular weight is 361 g/mol. The van der Waals surface area contributed by atoms with Crippen LogP contribution in [0.15, 0.2) is 61.3 Å². The maximum atomic E-state index is 5.45. The van der Waals surface area contributed by atoms with Gasteiger partial charge in [-0.3, -0.25) is 0 Å². The van der Waals surface area contributed by atoms with Gasteiger partial charge in [0.05, 0.1) is 7.11 Å². The Hall–Kier alpha value is -3.55. The Morgan fingerprint density at radius 1 is 1.11 bits per heavy atom. The fourth-order valence-corrected chi connectivity index (χ4v) is 2.92. The summed E-state index contributed by atoms with van der Waals surface area (Å²) in [4.78, 5) is 13.2. The van der Waals surface area contributed by atoms with Crippen LogP contribution in [-0.2, 0) is 6.42 Å². The molecule has 1 atom stereocenters. The summed E-state index contributed by atoms with van der Waals surface area (Å²) in [5.41, 5.74) is 1.03. The van der Waals surface area contributed by atoms with E-state index in [-0.39, 0.29) is 6.04 Å². The Kier molecular flexibility index (Phi) is 4.61. The van der Waals surface area contributed by atoms with Gasteiger partial charge in [-0.2, -0.15) is 9.78 Å². The number of pyridine rings is 1. The van der Waals surface area contributed by atoms with E-state index in [0.29, 0.717) is 18.1 Å². The molecule has 0 saturated heterocycles. The standard InChI is InChI=1S/C19H19N7O/c1-14(25-13-20-12-22-25)19-23-17(11-15-7-3-4-8-16(15)27-2)24-26(19)18-9-5-6-10-21-18/h3-10,12-14H,11H2,1-2H3/t14-/m1/s1. The van der Waals surface area contributed by atoms with Crippen LogP contribution in [0.2, 0.25) is 0 Å². The maximum Gasteiger partial charge on any atom is 0.158 e. The van der Waals surface area contributed by atoms with Crippen molar-refractivity contribution in [3.05, 3.63) is 78.5 Å². The third kappa shape index (κ3) is 3.41. The molecule has 8 heteroatoms. The second-order valence-corrected chi connectivity index (χ2v) is 6.03. The minimum absolute atomic E-state index is 0.145. The molecule has 0 spiro atoms. The van der Waals surface area contributed by atoms with Crippen LogP contribution in [0.4, 0.5) is 0 Å². The molecule has 0 radical (unpaired) electrons. The summed E-state index contributed by atoms with van der Waals surface area (Å²) < 4.78 is 8.96. The molecule has 0 aliphatic rings. The summed E-state index contributed by atoms with van der Waals surface area (Å²) >= 11 is 0. The highest BCUT2D eigenvalue weighted by Crippen LogP contribution is 2.22. The molecular weight excluding hydrogens is 342 g/mol. The van der Waals surface area contributed by atoms with E-state index in [1.807, 2.05) is 49.4 Å². The van der Waals surface area contributed by atoms with E-state index in [2.05, 4.69) is 15.1 Å². The largest absolute Gasteiger partial charge is 0.496 e. The van der Waals surface area contributed by atoms with Crippen molar-refractivity contribution in [3.63, 3.8) is 0 Å². The SMILES string of the molecule is COc1ccccc1Cc1nc([C@@H](C)n2cncn2)n(-c2ccccn2)n1. The van der Waals surface area contributed by atoms with Crippen LogP contribution in [-0.4, -0.2) is 41.6 Å². The van der Waals surface area contributed by atoms with E-state index >= 15 is 0 Å². The van der Waals surface area contributed by atoms with Crippen molar-refractivity contribution < 1.29 is 4.74 Å². The third-order valence-corrected chi connectivity index (χ3v) is 4.29. The lowest BCUT2D eigenvalue weighted by Crippen LogP contribution is -2.14. The molecule has 0 amide bonds. The summed E-state index contributed by atoms with van der Waals surface area (Å²) in [6, 6.07) is 13.4. The molecule has 1 aromatic carbocycles. The molecule has 8 nitrogen and oxygen atoms in total. The first-order valence-corrected chi connectivity index (χ1v) is 8.59. The van der Waals surface area contributed by atoms with Gasteiger partial charge in [-0.15, -0.1) is 5.10 Å². The summed E-state index contributed by atoms with van der Waals surface area (Å²) in [7, 11) is 1.66. The van der Waals surface area contributed by atoms with E-state index in [4.69, 9.17) is 14.8 Å². The van der Waals surface area contributed by atoms with Crippen molar-refractivity contribution in [1.29, 1.82) is 0 Å². The van der Waals surface area contributed by atoms with Crippen LogP contribution < -0.4 is 4.74 Å². The Bertz CT molecular complexity index is 1010. The molecule has 4 rings (SSSR count). The summed E-state index contributed by atoms with van der Waals surface area (Å²) in [6.07, 6.45) is 5.47.